The SMILES string of the molecule is Cn1ccn(Cc2cc(C(=O)NC(c3ccc(Cl)c(Cl)c3)C3CC3)cc(-c3ncc(F)cc3C(F)(F)F)c2)c1=N. The summed E-state index contributed by atoms with van der Waals surface area (Å²) >= 11 is 12.3. The number of hydrogen-bond donors (Lipinski definition) is 2. The predicted octanol–water partition coefficient (Wildman–Crippen LogP) is 6.76. The number of aromatic nitrogens is 3. The third-order valence-corrected chi connectivity index (χ3v) is 7.54. The highest BCUT2D eigenvalue weighted by atomic mass is 35.5. The molecule has 1 aliphatic rings. The molecular weight excluding hydrogens is 569 g/mol. The smallest absolute Gasteiger partial charge is 0.345 e. The average molecular weight is 592 g/mol. The number of hydrogen-bond acceptors (Lipinski definition) is 3. The molecule has 12 heteroatoms. The Bertz CT molecular complexity index is 1660. The van der Waals surface area contributed by atoms with Crippen molar-refractivity contribution in [3.05, 3.63) is 105 Å². The van der Waals surface area contributed by atoms with Gasteiger partial charge in [0, 0.05) is 30.6 Å². The number of carbonyl (C=O) groups is 1. The molecule has 0 aliphatic heterocycles. The van der Waals surface area contributed by atoms with Crippen LogP contribution < -0.4 is 10.9 Å². The molecule has 2 heterocycles. The molecule has 2 aromatic heterocycles. The molecule has 6 nitrogen and oxygen atoms in total. The summed E-state index contributed by atoms with van der Waals surface area (Å²) in [7, 11) is 1.69. The summed E-state index contributed by atoms with van der Waals surface area (Å²) in [6.45, 7) is 0.106. The fourth-order valence-corrected chi connectivity index (χ4v) is 4.92. The van der Waals surface area contributed by atoms with E-state index in [1.54, 1.807) is 52.8 Å². The Morgan fingerprint density at radius 1 is 1.12 bits per heavy atom. The minimum absolute atomic E-state index is 0.00412. The van der Waals surface area contributed by atoms with E-state index >= 15 is 0 Å². The number of halogens is 6. The number of rotatable bonds is 7. The molecule has 2 aromatic carbocycles. The maximum atomic E-state index is 13.9. The quantitative estimate of drug-likeness (QED) is 0.233. The van der Waals surface area contributed by atoms with Crippen LogP contribution in [-0.4, -0.2) is 20.0 Å². The Morgan fingerprint density at radius 3 is 2.50 bits per heavy atom. The molecule has 0 bridgehead atoms. The second kappa shape index (κ2) is 10.7. The number of nitrogens with one attached hydrogen (secondary N) is 2. The molecule has 1 aliphatic carbocycles. The van der Waals surface area contributed by atoms with Crippen LogP contribution in [-0.2, 0) is 19.8 Å². The number of alkyl halides is 3. The van der Waals surface area contributed by atoms with Gasteiger partial charge in [-0.15, -0.1) is 0 Å². The van der Waals surface area contributed by atoms with E-state index in [2.05, 4.69) is 10.3 Å². The molecule has 2 N–H and O–H groups in total. The van der Waals surface area contributed by atoms with Crippen molar-refractivity contribution in [2.45, 2.75) is 31.6 Å². The first-order chi connectivity index (χ1) is 18.9. The van der Waals surface area contributed by atoms with Gasteiger partial charge in [0.2, 0.25) is 5.62 Å². The van der Waals surface area contributed by atoms with Crippen molar-refractivity contribution in [1.82, 2.24) is 19.4 Å². The fraction of sp³-hybridized carbons (Fsp3) is 0.250. The molecular formula is C28H23Cl2F4N5O. The molecule has 0 saturated heterocycles. The Labute approximate surface area is 236 Å². The summed E-state index contributed by atoms with van der Waals surface area (Å²) in [6, 6.07) is 9.45. The summed E-state index contributed by atoms with van der Waals surface area (Å²) in [5, 5.41) is 11.9. The van der Waals surface area contributed by atoms with Crippen LogP contribution in [0.2, 0.25) is 10.0 Å². The van der Waals surface area contributed by atoms with Crippen LogP contribution in [0.25, 0.3) is 11.3 Å². The van der Waals surface area contributed by atoms with Gasteiger partial charge in [-0.05, 0) is 66.3 Å². The van der Waals surface area contributed by atoms with Crippen molar-refractivity contribution in [2.75, 3.05) is 0 Å². The van der Waals surface area contributed by atoms with Crippen LogP contribution in [0.3, 0.4) is 0 Å². The van der Waals surface area contributed by atoms with E-state index in [-0.39, 0.29) is 35.2 Å². The van der Waals surface area contributed by atoms with Crippen LogP contribution in [0.5, 0.6) is 0 Å². The number of benzene rings is 2. The van der Waals surface area contributed by atoms with Crippen molar-refractivity contribution in [1.29, 1.82) is 5.41 Å². The minimum Gasteiger partial charge on any atom is -0.345 e. The molecule has 0 radical (unpaired) electrons. The molecule has 0 spiro atoms. The van der Waals surface area contributed by atoms with E-state index in [1.807, 2.05) is 0 Å². The van der Waals surface area contributed by atoms with Gasteiger partial charge in [-0.3, -0.25) is 15.2 Å². The van der Waals surface area contributed by atoms with Gasteiger partial charge in [-0.1, -0.05) is 29.3 Å². The van der Waals surface area contributed by atoms with E-state index in [1.165, 1.54) is 12.1 Å². The number of aryl methyl sites for hydroxylation is 1. The van der Waals surface area contributed by atoms with Gasteiger partial charge in [0.15, 0.2) is 0 Å². The number of carbonyl (C=O) groups excluding carboxylic acids is 1. The van der Waals surface area contributed by atoms with E-state index in [9.17, 15) is 22.4 Å². The first kappa shape index (κ1) is 27.9. The summed E-state index contributed by atoms with van der Waals surface area (Å²) in [4.78, 5) is 17.3. The van der Waals surface area contributed by atoms with E-state index < -0.39 is 29.2 Å². The van der Waals surface area contributed by atoms with E-state index in [0.717, 1.165) is 18.4 Å². The molecule has 1 atom stereocenters. The summed E-state index contributed by atoms with van der Waals surface area (Å²) in [5.74, 6) is -1.46. The summed E-state index contributed by atoms with van der Waals surface area (Å²) in [6.07, 6.45) is 0.929. The van der Waals surface area contributed by atoms with E-state index in [0.29, 0.717) is 27.9 Å². The maximum Gasteiger partial charge on any atom is 0.418 e. The zero-order valence-corrected chi connectivity index (χ0v) is 22.6. The zero-order valence-electron chi connectivity index (χ0n) is 21.1. The highest BCUT2D eigenvalue weighted by molar-refractivity contribution is 6.42. The molecule has 208 valence electrons. The summed E-state index contributed by atoms with van der Waals surface area (Å²) in [5.41, 5.74) is -0.283. The van der Waals surface area contributed by atoms with Crippen molar-refractivity contribution in [2.24, 2.45) is 13.0 Å². The highest BCUT2D eigenvalue weighted by Crippen LogP contribution is 2.42. The Morgan fingerprint density at radius 2 is 1.88 bits per heavy atom. The van der Waals surface area contributed by atoms with Crippen molar-refractivity contribution in [3.63, 3.8) is 0 Å². The second-order valence-electron chi connectivity index (χ2n) is 9.79. The third kappa shape index (κ3) is 5.93. The molecule has 1 amide bonds. The molecule has 40 heavy (non-hydrogen) atoms. The maximum absolute atomic E-state index is 13.9. The van der Waals surface area contributed by atoms with Gasteiger partial charge in [0.1, 0.15) is 5.82 Å². The molecule has 5 rings (SSSR count). The fourth-order valence-electron chi connectivity index (χ4n) is 4.62. The van der Waals surface area contributed by atoms with Gasteiger partial charge in [-0.25, -0.2) is 4.39 Å². The topological polar surface area (TPSA) is 75.7 Å². The van der Waals surface area contributed by atoms with Gasteiger partial charge in [0.05, 0.1) is 40.1 Å². The first-order valence-corrected chi connectivity index (χ1v) is 13.1. The predicted molar refractivity (Wildman–Crippen MR) is 142 cm³/mol. The van der Waals surface area contributed by atoms with E-state index in [4.69, 9.17) is 28.6 Å². The summed E-state index contributed by atoms with van der Waals surface area (Å²) < 4.78 is 58.5. The number of pyridine rings is 1. The molecule has 1 unspecified atom stereocenters. The van der Waals surface area contributed by atoms with Crippen LogP contribution in [0.15, 0.2) is 61.1 Å². The molecule has 1 saturated carbocycles. The molecule has 4 aromatic rings. The van der Waals surface area contributed by atoms with Crippen LogP contribution >= 0.6 is 23.2 Å². The highest BCUT2D eigenvalue weighted by Gasteiger charge is 2.36. The first-order valence-electron chi connectivity index (χ1n) is 12.3. The number of nitrogens with zero attached hydrogens (tertiary/aromatic N) is 3. The number of imidazole rings is 1. The lowest BCUT2D eigenvalue weighted by atomic mass is 9.98. The number of amides is 1. The normalized spacial score (nSPS) is 14.3. The second-order valence-corrected chi connectivity index (χ2v) is 10.6. The third-order valence-electron chi connectivity index (χ3n) is 6.80. The van der Waals surface area contributed by atoms with Gasteiger partial charge < -0.3 is 14.5 Å². The van der Waals surface area contributed by atoms with Gasteiger partial charge in [0.25, 0.3) is 5.91 Å². The van der Waals surface area contributed by atoms with Gasteiger partial charge in [-0.2, -0.15) is 13.2 Å². The lowest BCUT2D eigenvalue weighted by Gasteiger charge is -2.20. The van der Waals surface area contributed by atoms with Crippen LogP contribution in [0, 0.1) is 17.1 Å². The Balaban J connectivity index is 1.57. The lowest BCUT2D eigenvalue weighted by Crippen LogP contribution is -2.30. The Hall–Kier alpha value is -3.63. The standard InChI is InChI=1S/C28H23Cl2F4N5O/c1-38-6-7-39(27(38)35)14-15-8-18(25-21(28(32,33)34)12-20(31)13-36-25)10-19(9-15)26(40)37-24(16-2-3-16)17-4-5-22(29)23(30)11-17/h4-13,16,24,35H,2-3,14H2,1H3,(H,37,40). The van der Waals surface area contributed by atoms with Crippen LogP contribution in [0.1, 0.15) is 45.9 Å². The average Bonchev–Trinajstić information content (AvgIpc) is 3.70. The van der Waals surface area contributed by atoms with Crippen molar-refractivity contribution in [3.8, 4) is 11.3 Å². The van der Waals surface area contributed by atoms with Crippen molar-refractivity contribution >= 4 is 29.1 Å². The Kier molecular flexibility index (Phi) is 7.50. The largest absolute Gasteiger partial charge is 0.418 e. The van der Waals surface area contributed by atoms with Crippen molar-refractivity contribution < 1.29 is 22.4 Å². The monoisotopic (exact) mass is 591 g/mol. The lowest BCUT2D eigenvalue weighted by molar-refractivity contribution is -0.137. The van der Waals surface area contributed by atoms with Gasteiger partial charge >= 0.3 is 6.18 Å². The minimum atomic E-state index is -4.88. The molecule has 1 fully saturated rings. The zero-order chi connectivity index (χ0) is 28.8. The van der Waals surface area contributed by atoms with Crippen LogP contribution in [0.4, 0.5) is 17.6 Å².